The van der Waals surface area contributed by atoms with Gasteiger partial charge in [0.15, 0.2) is 0 Å². The standard InChI is InChI=1S/C7H17N3O/c1-4-9-6-10-7(11-3)5-8-2/h7,9-10H,2,4-6H2,1,3H3. The topological polar surface area (TPSA) is 45.7 Å². The van der Waals surface area contributed by atoms with E-state index in [4.69, 9.17) is 4.74 Å². The first-order chi connectivity index (χ1) is 5.35. The van der Waals surface area contributed by atoms with E-state index in [9.17, 15) is 0 Å². The van der Waals surface area contributed by atoms with Crippen LogP contribution in [-0.2, 0) is 4.74 Å². The van der Waals surface area contributed by atoms with Crippen LogP contribution in [0.15, 0.2) is 4.99 Å². The van der Waals surface area contributed by atoms with E-state index in [0.717, 1.165) is 13.2 Å². The van der Waals surface area contributed by atoms with Gasteiger partial charge in [-0.2, -0.15) is 0 Å². The fourth-order valence-electron chi connectivity index (χ4n) is 0.651. The third-order valence-corrected chi connectivity index (χ3v) is 1.28. The van der Waals surface area contributed by atoms with Crippen molar-refractivity contribution in [3.05, 3.63) is 0 Å². The molecule has 0 saturated heterocycles. The highest BCUT2D eigenvalue weighted by Crippen LogP contribution is 1.82. The predicted molar refractivity (Wildman–Crippen MR) is 46.9 cm³/mol. The van der Waals surface area contributed by atoms with Gasteiger partial charge in [0.25, 0.3) is 0 Å². The number of nitrogens with one attached hydrogen (secondary N) is 2. The first-order valence-electron chi connectivity index (χ1n) is 3.74. The smallest absolute Gasteiger partial charge is 0.128 e. The van der Waals surface area contributed by atoms with E-state index in [2.05, 4.69) is 29.3 Å². The SMILES string of the molecule is C=NCC(NCNCC)OC. The molecule has 66 valence electrons. The molecule has 0 aromatic heterocycles. The molecule has 11 heavy (non-hydrogen) atoms. The average molecular weight is 159 g/mol. The van der Waals surface area contributed by atoms with Gasteiger partial charge < -0.3 is 10.1 Å². The van der Waals surface area contributed by atoms with E-state index in [1.165, 1.54) is 0 Å². The number of hydrogen-bond donors (Lipinski definition) is 2. The molecule has 0 radical (unpaired) electrons. The van der Waals surface area contributed by atoms with Gasteiger partial charge in [-0.05, 0) is 13.3 Å². The molecule has 0 aromatic carbocycles. The second-order valence-corrected chi connectivity index (χ2v) is 2.11. The number of methoxy groups -OCH3 is 1. The van der Waals surface area contributed by atoms with Crippen LogP contribution < -0.4 is 10.6 Å². The molecule has 0 aliphatic carbocycles. The zero-order chi connectivity index (χ0) is 8.53. The minimum atomic E-state index is -0.0217. The number of ether oxygens (including phenoxy) is 1. The summed E-state index contributed by atoms with van der Waals surface area (Å²) in [5, 5.41) is 6.22. The highest BCUT2D eigenvalue weighted by molar-refractivity contribution is 5.23. The first kappa shape index (κ1) is 10.6. The fourth-order valence-corrected chi connectivity index (χ4v) is 0.651. The molecule has 0 bridgehead atoms. The van der Waals surface area contributed by atoms with Gasteiger partial charge in [-0.25, -0.2) is 0 Å². The molecule has 0 amide bonds. The molecule has 0 aliphatic rings. The molecule has 0 spiro atoms. The first-order valence-corrected chi connectivity index (χ1v) is 3.74. The molecular weight excluding hydrogens is 142 g/mol. The summed E-state index contributed by atoms with van der Waals surface area (Å²) in [5.74, 6) is 0. The van der Waals surface area contributed by atoms with Crippen LogP contribution in [0, 0.1) is 0 Å². The molecule has 2 N–H and O–H groups in total. The summed E-state index contributed by atoms with van der Waals surface area (Å²) in [6.45, 7) is 7.71. The van der Waals surface area contributed by atoms with Crippen molar-refractivity contribution in [2.45, 2.75) is 13.2 Å². The molecule has 0 aromatic rings. The van der Waals surface area contributed by atoms with Gasteiger partial charge in [0.1, 0.15) is 6.23 Å². The summed E-state index contributed by atoms with van der Waals surface area (Å²) < 4.78 is 5.05. The summed E-state index contributed by atoms with van der Waals surface area (Å²) in [4.78, 5) is 3.72. The quantitative estimate of drug-likeness (QED) is 0.307. The van der Waals surface area contributed by atoms with Crippen LogP contribution in [0.5, 0.6) is 0 Å². The van der Waals surface area contributed by atoms with Crippen molar-refractivity contribution >= 4 is 6.72 Å². The van der Waals surface area contributed by atoms with E-state index in [0.29, 0.717) is 6.54 Å². The van der Waals surface area contributed by atoms with Crippen molar-refractivity contribution in [2.75, 3.05) is 26.9 Å². The lowest BCUT2D eigenvalue weighted by Crippen LogP contribution is -2.39. The summed E-state index contributed by atoms with van der Waals surface area (Å²) >= 11 is 0. The summed E-state index contributed by atoms with van der Waals surface area (Å²) in [5.41, 5.74) is 0. The van der Waals surface area contributed by atoms with Gasteiger partial charge in [-0.15, -0.1) is 0 Å². The Hall–Kier alpha value is -0.450. The lowest BCUT2D eigenvalue weighted by molar-refractivity contribution is 0.0799. The van der Waals surface area contributed by atoms with Crippen molar-refractivity contribution in [2.24, 2.45) is 4.99 Å². The van der Waals surface area contributed by atoms with Crippen molar-refractivity contribution in [1.29, 1.82) is 0 Å². The van der Waals surface area contributed by atoms with Gasteiger partial charge in [-0.1, -0.05) is 6.92 Å². The Labute approximate surface area is 68.0 Å². The Kier molecular flexibility index (Phi) is 7.34. The summed E-state index contributed by atoms with van der Waals surface area (Å²) in [6, 6.07) is 0. The van der Waals surface area contributed by atoms with Crippen LogP contribution in [0.3, 0.4) is 0 Å². The monoisotopic (exact) mass is 159 g/mol. The fraction of sp³-hybridized carbons (Fsp3) is 0.857. The Bertz CT molecular complexity index is 97.7. The average Bonchev–Trinajstić information content (AvgIpc) is 2.03. The molecule has 0 heterocycles. The summed E-state index contributed by atoms with van der Waals surface area (Å²) in [6.07, 6.45) is -0.0217. The second-order valence-electron chi connectivity index (χ2n) is 2.11. The van der Waals surface area contributed by atoms with E-state index in [1.54, 1.807) is 7.11 Å². The van der Waals surface area contributed by atoms with E-state index < -0.39 is 0 Å². The maximum atomic E-state index is 5.05. The van der Waals surface area contributed by atoms with Crippen LogP contribution in [0.4, 0.5) is 0 Å². The Morgan fingerprint density at radius 3 is 2.82 bits per heavy atom. The van der Waals surface area contributed by atoms with E-state index >= 15 is 0 Å². The third-order valence-electron chi connectivity index (χ3n) is 1.28. The maximum absolute atomic E-state index is 5.05. The molecule has 1 atom stereocenters. The zero-order valence-electron chi connectivity index (χ0n) is 7.26. The lowest BCUT2D eigenvalue weighted by atomic mass is 10.5. The normalized spacial score (nSPS) is 12.9. The number of hydrogen-bond acceptors (Lipinski definition) is 4. The van der Waals surface area contributed by atoms with Crippen LogP contribution in [-0.4, -0.2) is 39.8 Å². The minimum Gasteiger partial charge on any atom is -0.365 e. The molecule has 0 saturated carbocycles. The molecule has 0 fully saturated rings. The van der Waals surface area contributed by atoms with E-state index in [1.807, 2.05) is 0 Å². The minimum absolute atomic E-state index is 0.0217. The molecule has 0 aliphatic heterocycles. The maximum Gasteiger partial charge on any atom is 0.128 e. The lowest BCUT2D eigenvalue weighted by Gasteiger charge is -2.14. The molecule has 4 nitrogen and oxygen atoms in total. The second kappa shape index (κ2) is 7.65. The van der Waals surface area contributed by atoms with Crippen LogP contribution in [0.2, 0.25) is 0 Å². The van der Waals surface area contributed by atoms with E-state index in [-0.39, 0.29) is 6.23 Å². The van der Waals surface area contributed by atoms with Crippen LogP contribution in [0.1, 0.15) is 6.92 Å². The molecular formula is C7H17N3O. The molecule has 1 unspecified atom stereocenters. The highest BCUT2D eigenvalue weighted by atomic mass is 16.5. The van der Waals surface area contributed by atoms with Gasteiger partial charge in [0, 0.05) is 13.8 Å². The molecule has 0 rings (SSSR count). The van der Waals surface area contributed by atoms with Gasteiger partial charge in [-0.3, -0.25) is 10.3 Å². The largest absolute Gasteiger partial charge is 0.365 e. The Balaban J connectivity index is 3.27. The molecule has 4 heteroatoms. The van der Waals surface area contributed by atoms with Crippen LogP contribution >= 0.6 is 0 Å². The number of rotatable bonds is 7. The van der Waals surface area contributed by atoms with Crippen molar-refractivity contribution in [1.82, 2.24) is 10.6 Å². The Morgan fingerprint density at radius 1 is 1.64 bits per heavy atom. The van der Waals surface area contributed by atoms with Gasteiger partial charge in [0.05, 0.1) is 6.54 Å². The highest BCUT2D eigenvalue weighted by Gasteiger charge is 2.01. The van der Waals surface area contributed by atoms with Crippen LogP contribution in [0.25, 0.3) is 0 Å². The van der Waals surface area contributed by atoms with Crippen molar-refractivity contribution in [3.8, 4) is 0 Å². The third kappa shape index (κ3) is 5.97. The van der Waals surface area contributed by atoms with Gasteiger partial charge in [0.2, 0.25) is 0 Å². The Morgan fingerprint density at radius 2 is 2.36 bits per heavy atom. The van der Waals surface area contributed by atoms with Gasteiger partial charge >= 0.3 is 0 Å². The predicted octanol–water partition coefficient (Wildman–Crippen LogP) is -0.184. The van der Waals surface area contributed by atoms with Crippen molar-refractivity contribution in [3.63, 3.8) is 0 Å². The van der Waals surface area contributed by atoms with Crippen molar-refractivity contribution < 1.29 is 4.74 Å². The number of aliphatic imine (C=N–C) groups is 1. The summed E-state index contributed by atoms with van der Waals surface area (Å²) in [7, 11) is 1.65. The number of nitrogens with zero attached hydrogens (tertiary/aromatic N) is 1. The zero-order valence-corrected chi connectivity index (χ0v) is 7.26.